The third-order valence-electron chi connectivity index (χ3n) is 4.24. The molecule has 0 radical (unpaired) electrons. The third kappa shape index (κ3) is 4.77. The van der Waals surface area contributed by atoms with Crippen LogP contribution in [0.1, 0.15) is 53.9 Å². The molecule has 1 saturated heterocycles. The number of ether oxygens (including phenoxy) is 1. The van der Waals surface area contributed by atoms with Crippen molar-refractivity contribution in [1.29, 1.82) is 0 Å². The average molecular weight is 270 g/mol. The first kappa shape index (κ1) is 16.4. The maximum atomic E-state index is 11.8. The van der Waals surface area contributed by atoms with Crippen LogP contribution in [0.2, 0.25) is 0 Å². The van der Waals surface area contributed by atoms with Crippen molar-refractivity contribution in [1.82, 2.24) is 4.90 Å². The normalized spacial score (nSPS) is 24.5. The van der Waals surface area contributed by atoms with E-state index >= 15 is 0 Å². The van der Waals surface area contributed by atoms with Gasteiger partial charge in [-0.3, -0.25) is 4.79 Å². The molecule has 0 aromatic rings. The van der Waals surface area contributed by atoms with Crippen LogP contribution in [-0.2, 0) is 9.53 Å². The predicted octanol–water partition coefficient (Wildman–Crippen LogP) is 2.17. The maximum absolute atomic E-state index is 11.8. The lowest BCUT2D eigenvalue weighted by atomic mass is 9.81. The molecule has 0 aromatic carbocycles. The van der Waals surface area contributed by atoms with Crippen LogP contribution in [0.4, 0.5) is 0 Å². The minimum absolute atomic E-state index is 0.292. The molecular weight excluding hydrogens is 240 g/mol. The van der Waals surface area contributed by atoms with Gasteiger partial charge in [0.2, 0.25) is 0 Å². The number of likely N-dealkylation sites (tertiary alicyclic amines) is 1. The van der Waals surface area contributed by atoms with E-state index in [1.165, 1.54) is 12.8 Å². The van der Waals surface area contributed by atoms with E-state index in [1.54, 1.807) is 6.92 Å². The number of carbonyl (C=O) groups is 1. The smallest absolute Gasteiger partial charge is 0.325 e. The van der Waals surface area contributed by atoms with Gasteiger partial charge in [-0.15, -0.1) is 0 Å². The molecular formula is C15H30N2O2. The number of nitrogens with two attached hydrogens (primary N) is 1. The van der Waals surface area contributed by atoms with E-state index in [1.807, 2.05) is 6.92 Å². The second kappa shape index (κ2) is 6.23. The Morgan fingerprint density at radius 3 is 2.42 bits per heavy atom. The zero-order valence-electron chi connectivity index (χ0n) is 13.2. The van der Waals surface area contributed by atoms with E-state index in [2.05, 4.69) is 25.7 Å². The molecule has 1 heterocycles. The Bertz CT molecular complexity index is 303. The van der Waals surface area contributed by atoms with E-state index in [0.717, 1.165) is 13.1 Å². The summed E-state index contributed by atoms with van der Waals surface area (Å²) in [6.45, 7) is 12.9. The van der Waals surface area contributed by atoms with Gasteiger partial charge in [0.15, 0.2) is 0 Å². The van der Waals surface area contributed by atoms with Crippen LogP contribution < -0.4 is 5.73 Å². The zero-order valence-corrected chi connectivity index (χ0v) is 13.2. The van der Waals surface area contributed by atoms with Crippen LogP contribution in [0.3, 0.4) is 0 Å². The monoisotopic (exact) mass is 270 g/mol. The molecule has 0 amide bonds. The third-order valence-corrected chi connectivity index (χ3v) is 4.24. The average Bonchev–Trinajstić information content (AvgIpc) is 2.28. The highest BCUT2D eigenvalue weighted by molar-refractivity contribution is 5.80. The number of rotatable bonds is 5. The van der Waals surface area contributed by atoms with Crippen molar-refractivity contribution >= 4 is 5.97 Å². The van der Waals surface area contributed by atoms with Crippen molar-refractivity contribution < 1.29 is 9.53 Å². The van der Waals surface area contributed by atoms with Gasteiger partial charge in [0, 0.05) is 6.04 Å². The first-order chi connectivity index (χ1) is 8.68. The van der Waals surface area contributed by atoms with E-state index in [4.69, 9.17) is 10.5 Å². The summed E-state index contributed by atoms with van der Waals surface area (Å²) in [4.78, 5) is 14.3. The molecule has 0 saturated carbocycles. The summed E-state index contributed by atoms with van der Waals surface area (Å²) in [6, 6.07) is 0.315. The van der Waals surface area contributed by atoms with Crippen LogP contribution in [0, 0.1) is 5.41 Å². The summed E-state index contributed by atoms with van der Waals surface area (Å²) in [7, 11) is 0. The lowest BCUT2D eigenvalue weighted by Gasteiger charge is -2.41. The van der Waals surface area contributed by atoms with Gasteiger partial charge in [0.1, 0.15) is 5.54 Å². The Morgan fingerprint density at radius 2 is 1.95 bits per heavy atom. The first-order valence-electron chi connectivity index (χ1n) is 7.38. The van der Waals surface area contributed by atoms with Crippen molar-refractivity contribution in [2.45, 2.75) is 65.5 Å². The Labute approximate surface area is 117 Å². The van der Waals surface area contributed by atoms with Gasteiger partial charge in [-0.1, -0.05) is 13.8 Å². The topological polar surface area (TPSA) is 55.6 Å². The SMILES string of the molecule is CCOC(=O)C(C)(N)CC(C)N1CCC(C)(C)CC1. The van der Waals surface area contributed by atoms with Crippen molar-refractivity contribution in [3.05, 3.63) is 0 Å². The lowest BCUT2D eigenvalue weighted by Crippen LogP contribution is -2.52. The molecule has 0 aliphatic carbocycles. The second-order valence-electron chi connectivity index (χ2n) is 6.89. The Morgan fingerprint density at radius 1 is 1.42 bits per heavy atom. The summed E-state index contributed by atoms with van der Waals surface area (Å²) in [5.74, 6) is -0.292. The number of hydrogen-bond acceptors (Lipinski definition) is 4. The number of carbonyl (C=O) groups excluding carboxylic acids is 1. The maximum Gasteiger partial charge on any atom is 0.325 e. The minimum atomic E-state index is -0.887. The van der Waals surface area contributed by atoms with Gasteiger partial charge in [0.05, 0.1) is 6.61 Å². The molecule has 1 fully saturated rings. The predicted molar refractivity (Wildman–Crippen MR) is 77.9 cm³/mol. The number of nitrogens with zero attached hydrogens (tertiary/aromatic N) is 1. The summed E-state index contributed by atoms with van der Waals surface area (Å²) < 4.78 is 5.05. The van der Waals surface area contributed by atoms with Gasteiger partial charge in [0.25, 0.3) is 0 Å². The fourth-order valence-electron chi connectivity index (χ4n) is 2.69. The molecule has 1 rings (SSSR count). The van der Waals surface area contributed by atoms with Crippen molar-refractivity contribution in [3.63, 3.8) is 0 Å². The van der Waals surface area contributed by atoms with E-state index in [0.29, 0.717) is 24.5 Å². The Kier molecular flexibility index (Phi) is 5.39. The summed E-state index contributed by atoms with van der Waals surface area (Å²) in [6.07, 6.45) is 3.06. The van der Waals surface area contributed by atoms with Crippen LogP contribution in [0.15, 0.2) is 0 Å². The minimum Gasteiger partial charge on any atom is -0.465 e. The van der Waals surface area contributed by atoms with Gasteiger partial charge in [-0.2, -0.15) is 0 Å². The fraction of sp³-hybridized carbons (Fsp3) is 0.933. The number of esters is 1. The molecule has 0 spiro atoms. The highest BCUT2D eigenvalue weighted by Gasteiger charge is 2.35. The largest absolute Gasteiger partial charge is 0.465 e. The van der Waals surface area contributed by atoms with Crippen LogP contribution >= 0.6 is 0 Å². The van der Waals surface area contributed by atoms with Crippen molar-refractivity contribution in [2.75, 3.05) is 19.7 Å². The molecule has 4 heteroatoms. The highest BCUT2D eigenvalue weighted by atomic mass is 16.5. The molecule has 4 nitrogen and oxygen atoms in total. The number of piperidine rings is 1. The second-order valence-corrected chi connectivity index (χ2v) is 6.89. The van der Waals surface area contributed by atoms with Gasteiger partial charge >= 0.3 is 5.97 Å². The molecule has 1 aliphatic heterocycles. The molecule has 112 valence electrons. The zero-order chi connectivity index (χ0) is 14.7. The molecule has 0 aromatic heterocycles. The standard InChI is InChI=1S/C15H30N2O2/c1-6-19-13(18)15(5,16)11-12(2)17-9-7-14(3,4)8-10-17/h12H,6-11,16H2,1-5H3. The number of hydrogen-bond donors (Lipinski definition) is 1. The summed E-state index contributed by atoms with van der Waals surface area (Å²) >= 11 is 0. The molecule has 0 bridgehead atoms. The van der Waals surface area contributed by atoms with Gasteiger partial charge in [-0.05, 0) is 58.5 Å². The molecule has 2 atom stereocenters. The first-order valence-corrected chi connectivity index (χ1v) is 7.38. The van der Waals surface area contributed by atoms with E-state index < -0.39 is 5.54 Å². The fourth-order valence-corrected chi connectivity index (χ4v) is 2.69. The van der Waals surface area contributed by atoms with Crippen LogP contribution in [0.25, 0.3) is 0 Å². The summed E-state index contributed by atoms with van der Waals surface area (Å²) in [5, 5.41) is 0. The highest BCUT2D eigenvalue weighted by Crippen LogP contribution is 2.31. The van der Waals surface area contributed by atoms with Crippen LogP contribution in [0.5, 0.6) is 0 Å². The van der Waals surface area contributed by atoms with Gasteiger partial charge in [-0.25, -0.2) is 0 Å². The molecule has 2 N–H and O–H groups in total. The lowest BCUT2D eigenvalue weighted by molar-refractivity contribution is -0.149. The van der Waals surface area contributed by atoms with E-state index in [9.17, 15) is 4.79 Å². The Balaban J connectivity index is 2.50. The van der Waals surface area contributed by atoms with Crippen LogP contribution in [-0.4, -0.2) is 42.1 Å². The van der Waals surface area contributed by atoms with Crippen molar-refractivity contribution in [3.8, 4) is 0 Å². The van der Waals surface area contributed by atoms with Crippen molar-refractivity contribution in [2.24, 2.45) is 11.1 Å². The molecule has 19 heavy (non-hydrogen) atoms. The quantitative estimate of drug-likeness (QED) is 0.778. The molecule has 2 unspecified atom stereocenters. The van der Waals surface area contributed by atoms with E-state index in [-0.39, 0.29) is 5.97 Å². The molecule has 1 aliphatic rings. The van der Waals surface area contributed by atoms with Gasteiger partial charge < -0.3 is 15.4 Å². The summed E-state index contributed by atoms with van der Waals surface area (Å²) in [5.41, 5.74) is 5.67. The Hall–Kier alpha value is -0.610.